The normalized spacial score (nSPS) is 12.7. The van der Waals surface area contributed by atoms with Crippen molar-refractivity contribution in [2.75, 3.05) is 0 Å². The molecule has 1 N–H and O–H groups in total. The largest absolute Gasteiger partial charge is 0.380 e. The molecule has 0 spiro atoms. The summed E-state index contributed by atoms with van der Waals surface area (Å²) in [6, 6.07) is 5.39. The fourth-order valence-corrected chi connectivity index (χ4v) is 2.10. The van der Waals surface area contributed by atoms with Gasteiger partial charge in [0.05, 0.1) is 5.02 Å². The molecule has 0 aliphatic rings. The van der Waals surface area contributed by atoms with Crippen LogP contribution < -0.4 is 0 Å². The minimum Gasteiger partial charge on any atom is -0.380 e. The first kappa shape index (κ1) is 12.6. The van der Waals surface area contributed by atoms with E-state index in [1.165, 1.54) is 0 Å². The molecule has 0 aliphatic heterocycles. The zero-order chi connectivity index (χ0) is 12.4. The zero-order valence-electron chi connectivity index (χ0n) is 9.27. The summed E-state index contributed by atoms with van der Waals surface area (Å²) < 4.78 is 2.72. The molecule has 0 fully saturated rings. The molecule has 0 saturated heterocycles. The van der Waals surface area contributed by atoms with Gasteiger partial charge in [-0.2, -0.15) is 0 Å². The van der Waals surface area contributed by atoms with Gasteiger partial charge in [-0.25, -0.2) is 4.98 Å². The first-order chi connectivity index (χ1) is 8.13. The van der Waals surface area contributed by atoms with E-state index >= 15 is 0 Å². The topological polar surface area (TPSA) is 38.0 Å². The second-order valence-electron chi connectivity index (χ2n) is 3.65. The van der Waals surface area contributed by atoms with Crippen LogP contribution in [0.15, 0.2) is 35.1 Å². The highest BCUT2D eigenvalue weighted by Gasteiger charge is 2.16. The van der Waals surface area contributed by atoms with E-state index in [4.69, 9.17) is 11.6 Å². The maximum absolute atomic E-state index is 10.3. The quantitative estimate of drug-likeness (QED) is 0.942. The number of benzene rings is 1. The maximum Gasteiger partial charge on any atom is 0.142 e. The molecule has 1 atom stereocenters. The fraction of sp³-hybridized carbons (Fsp3) is 0.250. The lowest BCUT2D eigenvalue weighted by atomic mass is 10.1. The highest BCUT2D eigenvalue weighted by molar-refractivity contribution is 9.10. The van der Waals surface area contributed by atoms with E-state index < -0.39 is 6.10 Å². The van der Waals surface area contributed by atoms with E-state index in [9.17, 15) is 5.11 Å². The van der Waals surface area contributed by atoms with Crippen molar-refractivity contribution in [3.05, 3.63) is 51.5 Å². The van der Waals surface area contributed by atoms with Gasteiger partial charge in [0.1, 0.15) is 11.9 Å². The Balaban J connectivity index is 2.36. The van der Waals surface area contributed by atoms with Gasteiger partial charge in [-0.1, -0.05) is 17.7 Å². The smallest absolute Gasteiger partial charge is 0.142 e. The third-order valence-electron chi connectivity index (χ3n) is 2.59. The van der Waals surface area contributed by atoms with Crippen LogP contribution in [0.3, 0.4) is 0 Å². The average molecular weight is 316 g/mol. The third kappa shape index (κ3) is 2.54. The Labute approximate surface area is 113 Å². The predicted molar refractivity (Wildman–Crippen MR) is 71.1 cm³/mol. The minimum atomic E-state index is -0.754. The second kappa shape index (κ2) is 5.21. The van der Waals surface area contributed by atoms with Crippen LogP contribution in [-0.2, 0) is 6.54 Å². The molecule has 90 valence electrons. The number of aryl methyl sites for hydroxylation is 1. The van der Waals surface area contributed by atoms with Gasteiger partial charge < -0.3 is 9.67 Å². The van der Waals surface area contributed by atoms with Crippen LogP contribution in [0.25, 0.3) is 0 Å². The second-order valence-corrected chi connectivity index (χ2v) is 4.91. The van der Waals surface area contributed by atoms with Crippen molar-refractivity contribution in [3.63, 3.8) is 0 Å². The van der Waals surface area contributed by atoms with Crippen molar-refractivity contribution in [2.24, 2.45) is 0 Å². The fourth-order valence-electron chi connectivity index (χ4n) is 1.67. The first-order valence-electron chi connectivity index (χ1n) is 5.27. The molecule has 0 aliphatic carbocycles. The number of halogens is 2. The van der Waals surface area contributed by atoms with Crippen molar-refractivity contribution in [2.45, 2.75) is 19.6 Å². The van der Waals surface area contributed by atoms with E-state index in [1.807, 2.05) is 29.8 Å². The van der Waals surface area contributed by atoms with E-state index in [1.54, 1.807) is 12.3 Å². The number of hydrogen-bond acceptors (Lipinski definition) is 2. The van der Waals surface area contributed by atoms with Crippen molar-refractivity contribution in [1.82, 2.24) is 9.55 Å². The predicted octanol–water partition coefficient (Wildman–Crippen LogP) is 3.40. The van der Waals surface area contributed by atoms with Crippen LogP contribution in [0, 0.1) is 0 Å². The summed E-state index contributed by atoms with van der Waals surface area (Å²) >= 11 is 9.33. The van der Waals surface area contributed by atoms with Crippen molar-refractivity contribution < 1.29 is 5.11 Å². The van der Waals surface area contributed by atoms with Gasteiger partial charge >= 0.3 is 0 Å². The van der Waals surface area contributed by atoms with Gasteiger partial charge in [0.15, 0.2) is 0 Å². The lowest BCUT2D eigenvalue weighted by Gasteiger charge is -2.13. The average Bonchev–Trinajstić information content (AvgIpc) is 2.80. The third-order valence-corrected chi connectivity index (χ3v) is 3.82. The van der Waals surface area contributed by atoms with E-state index in [2.05, 4.69) is 20.9 Å². The van der Waals surface area contributed by atoms with E-state index in [0.29, 0.717) is 10.8 Å². The molecule has 17 heavy (non-hydrogen) atoms. The van der Waals surface area contributed by atoms with Crippen LogP contribution in [0.2, 0.25) is 5.02 Å². The molecule has 1 heterocycles. The van der Waals surface area contributed by atoms with Gasteiger partial charge in [0, 0.05) is 23.4 Å². The van der Waals surface area contributed by atoms with Crippen LogP contribution in [0.1, 0.15) is 24.4 Å². The Morgan fingerprint density at radius 3 is 2.94 bits per heavy atom. The van der Waals surface area contributed by atoms with Gasteiger partial charge in [-0.3, -0.25) is 0 Å². The Hall–Kier alpha value is -0.840. The molecule has 1 aromatic heterocycles. The Morgan fingerprint density at radius 1 is 1.53 bits per heavy atom. The Morgan fingerprint density at radius 2 is 2.29 bits per heavy atom. The number of aromatic nitrogens is 2. The molecule has 1 aromatic carbocycles. The molecule has 0 bridgehead atoms. The molecule has 2 aromatic rings. The van der Waals surface area contributed by atoms with Crippen molar-refractivity contribution in [3.8, 4) is 0 Å². The van der Waals surface area contributed by atoms with Crippen molar-refractivity contribution >= 4 is 27.5 Å². The summed E-state index contributed by atoms with van der Waals surface area (Å²) in [5, 5.41) is 10.8. The van der Waals surface area contributed by atoms with Crippen LogP contribution in [0.5, 0.6) is 0 Å². The maximum atomic E-state index is 10.3. The van der Waals surface area contributed by atoms with Crippen LogP contribution in [0.4, 0.5) is 0 Å². The monoisotopic (exact) mass is 314 g/mol. The van der Waals surface area contributed by atoms with E-state index in [0.717, 1.165) is 16.6 Å². The molecule has 3 nitrogen and oxygen atoms in total. The molecule has 0 saturated carbocycles. The number of aliphatic hydroxyl groups excluding tert-OH is 1. The van der Waals surface area contributed by atoms with Crippen LogP contribution in [-0.4, -0.2) is 14.7 Å². The van der Waals surface area contributed by atoms with Gasteiger partial charge in [0.25, 0.3) is 0 Å². The van der Waals surface area contributed by atoms with Gasteiger partial charge in [-0.05, 0) is 40.5 Å². The van der Waals surface area contributed by atoms with E-state index in [-0.39, 0.29) is 0 Å². The number of rotatable bonds is 3. The summed E-state index contributed by atoms with van der Waals surface area (Å²) in [6.45, 7) is 2.78. The molecular weight excluding hydrogens is 304 g/mol. The van der Waals surface area contributed by atoms with Gasteiger partial charge in [-0.15, -0.1) is 0 Å². The summed E-state index contributed by atoms with van der Waals surface area (Å²) in [7, 11) is 0. The number of imidazole rings is 1. The summed E-state index contributed by atoms with van der Waals surface area (Å²) in [5.41, 5.74) is 0.735. The molecule has 1 unspecified atom stereocenters. The zero-order valence-corrected chi connectivity index (χ0v) is 11.6. The molecule has 0 amide bonds. The number of hydrogen-bond donors (Lipinski definition) is 1. The molecule has 2 rings (SSSR count). The minimum absolute atomic E-state index is 0.580. The van der Waals surface area contributed by atoms with Crippen LogP contribution >= 0.6 is 27.5 Å². The van der Waals surface area contributed by atoms with Gasteiger partial charge in [0.2, 0.25) is 0 Å². The highest BCUT2D eigenvalue weighted by atomic mass is 79.9. The lowest BCUT2D eigenvalue weighted by Crippen LogP contribution is -2.08. The summed E-state index contributed by atoms with van der Waals surface area (Å²) in [4.78, 5) is 4.17. The Bertz CT molecular complexity index is 527. The number of aliphatic hydroxyl groups is 1. The molecule has 5 heteroatoms. The standard InChI is InChI=1S/C12H12BrClN2O/c1-2-16-6-5-15-12(16)11(17)8-3-4-9(13)10(14)7-8/h3-7,11,17H,2H2,1H3. The van der Waals surface area contributed by atoms with Crippen molar-refractivity contribution in [1.29, 1.82) is 0 Å². The molecular formula is C12H12BrClN2O. The SMILES string of the molecule is CCn1ccnc1C(O)c1ccc(Br)c(Cl)c1. The summed E-state index contributed by atoms with van der Waals surface area (Å²) in [6.07, 6.45) is 2.78. The highest BCUT2D eigenvalue weighted by Crippen LogP contribution is 2.28. The molecule has 0 radical (unpaired) electrons. The summed E-state index contributed by atoms with van der Waals surface area (Å²) in [5.74, 6) is 0.630. The first-order valence-corrected chi connectivity index (χ1v) is 6.44. The number of nitrogens with zero attached hydrogens (tertiary/aromatic N) is 2. The Kier molecular flexibility index (Phi) is 3.86. The lowest BCUT2D eigenvalue weighted by molar-refractivity contribution is 0.205.